The van der Waals surface area contributed by atoms with Crippen LogP contribution in [0.1, 0.15) is 30.0 Å². The Hall–Kier alpha value is -0.900. The van der Waals surface area contributed by atoms with E-state index in [0.29, 0.717) is 18.2 Å². The minimum atomic E-state index is 0.469. The highest BCUT2D eigenvalue weighted by molar-refractivity contribution is 5.32. The smallest absolute Gasteiger partial charge is 0.0601 e. The van der Waals surface area contributed by atoms with E-state index in [9.17, 15) is 0 Å². The maximum atomic E-state index is 5.31. The van der Waals surface area contributed by atoms with Crippen molar-refractivity contribution in [2.75, 3.05) is 20.2 Å². The second-order valence-corrected chi connectivity index (χ2v) is 5.39. The van der Waals surface area contributed by atoms with Crippen molar-refractivity contribution in [2.24, 2.45) is 0 Å². The van der Waals surface area contributed by atoms with E-state index >= 15 is 0 Å². The summed E-state index contributed by atoms with van der Waals surface area (Å²) in [4.78, 5) is 0. The van der Waals surface area contributed by atoms with Crippen molar-refractivity contribution in [3.8, 4) is 0 Å². The van der Waals surface area contributed by atoms with Crippen LogP contribution in [0.2, 0.25) is 0 Å². The van der Waals surface area contributed by atoms with Crippen LogP contribution >= 0.6 is 0 Å². The molecule has 1 aliphatic heterocycles. The van der Waals surface area contributed by atoms with Gasteiger partial charge in [-0.15, -0.1) is 0 Å². The van der Waals surface area contributed by atoms with E-state index < -0.39 is 0 Å². The van der Waals surface area contributed by atoms with Gasteiger partial charge in [-0.1, -0.05) is 24.3 Å². The van der Waals surface area contributed by atoms with Crippen LogP contribution in [-0.2, 0) is 11.2 Å². The third-order valence-electron chi connectivity index (χ3n) is 4.25. The second kappa shape index (κ2) is 5.39. The Morgan fingerprint density at radius 3 is 3.00 bits per heavy atom. The van der Waals surface area contributed by atoms with Crippen LogP contribution in [0.15, 0.2) is 24.3 Å². The summed E-state index contributed by atoms with van der Waals surface area (Å²) < 4.78 is 5.31. The third-order valence-corrected chi connectivity index (χ3v) is 4.25. The van der Waals surface area contributed by atoms with E-state index in [2.05, 4.69) is 34.9 Å². The third kappa shape index (κ3) is 2.44. The van der Waals surface area contributed by atoms with Gasteiger partial charge in [0.05, 0.1) is 6.10 Å². The van der Waals surface area contributed by atoms with E-state index in [1.165, 1.54) is 11.1 Å². The SMILES string of the molecule is COC1CC(NCC2NCCc3ccccc32)C1. The lowest BCUT2D eigenvalue weighted by Gasteiger charge is -2.36. The lowest BCUT2D eigenvalue weighted by molar-refractivity contribution is 0.0169. The van der Waals surface area contributed by atoms with Gasteiger partial charge in [0.2, 0.25) is 0 Å². The van der Waals surface area contributed by atoms with E-state index in [4.69, 9.17) is 4.74 Å². The second-order valence-electron chi connectivity index (χ2n) is 5.39. The van der Waals surface area contributed by atoms with Crippen molar-refractivity contribution in [2.45, 2.75) is 37.5 Å². The van der Waals surface area contributed by atoms with E-state index in [1.807, 2.05) is 0 Å². The largest absolute Gasteiger partial charge is 0.381 e. The molecule has 1 fully saturated rings. The van der Waals surface area contributed by atoms with E-state index in [1.54, 1.807) is 7.11 Å². The molecular formula is C15H22N2O. The number of ether oxygens (including phenoxy) is 1. The molecule has 2 aliphatic rings. The Labute approximate surface area is 109 Å². The molecule has 18 heavy (non-hydrogen) atoms. The fourth-order valence-corrected chi connectivity index (χ4v) is 2.98. The lowest BCUT2D eigenvalue weighted by atomic mass is 9.88. The Morgan fingerprint density at radius 2 is 2.17 bits per heavy atom. The molecule has 1 atom stereocenters. The minimum absolute atomic E-state index is 0.469. The predicted molar refractivity (Wildman–Crippen MR) is 72.7 cm³/mol. The average molecular weight is 246 g/mol. The van der Waals surface area contributed by atoms with Crippen molar-refractivity contribution < 1.29 is 4.74 Å². The number of methoxy groups -OCH3 is 1. The normalized spacial score (nSPS) is 30.6. The first-order valence-corrected chi connectivity index (χ1v) is 6.94. The van der Waals surface area contributed by atoms with Crippen LogP contribution in [0.5, 0.6) is 0 Å². The fraction of sp³-hybridized carbons (Fsp3) is 0.600. The highest BCUT2D eigenvalue weighted by atomic mass is 16.5. The summed E-state index contributed by atoms with van der Waals surface area (Å²) in [5, 5.41) is 7.26. The molecule has 2 N–H and O–H groups in total. The molecule has 0 aromatic heterocycles. The Kier molecular flexibility index (Phi) is 3.64. The van der Waals surface area contributed by atoms with Crippen LogP contribution in [0, 0.1) is 0 Å². The standard InChI is InChI=1S/C15H22N2O/c1-18-13-8-12(9-13)17-10-15-14-5-3-2-4-11(14)6-7-16-15/h2-5,12-13,15-17H,6-10H2,1H3. The number of rotatable bonds is 4. The van der Waals surface area contributed by atoms with Gasteiger partial charge in [-0.2, -0.15) is 0 Å². The van der Waals surface area contributed by atoms with Crippen molar-refractivity contribution in [1.29, 1.82) is 0 Å². The number of benzene rings is 1. The molecule has 98 valence electrons. The van der Waals surface area contributed by atoms with Gasteiger partial charge in [0.25, 0.3) is 0 Å². The fourth-order valence-electron chi connectivity index (χ4n) is 2.98. The molecule has 1 aromatic rings. The maximum absolute atomic E-state index is 5.31. The number of hydrogen-bond acceptors (Lipinski definition) is 3. The van der Waals surface area contributed by atoms with Gasteiger partial charge in [-0.3, -0.25) is 0 Å². The first-order valence-electron chi connectivity index (χ1n) is 6.94. The zero-order valence-electron chi connectivity index (χ0n) is 11.0. The van der Waals surface area contributed by atoms with Gasteiger partial charge in [0, 0.05) is 25.7 Å². The Morgan fingerprint density at radius 1 is 1.33 bits per heavy atom. The van der Waals surface area contributed by atoms with E-state index in [0.717, 1.165) is 32.4 Å². The van der Waals surface area contributed by atoms with Gasteiger partial charge in [0.15, 0.2) is 0 Å². The molecule has 0 radical (unpaired) electrons. The summed E-state index contributed by atoms with van der Waals surface area (Å²) in [6, 6.07) is 9.91. The summed E-state index contributed by atoms with van der Waals surface area (Å²) in [5.74, 6) is 0. The molecule has 1 aromatic carbocycles. The quantitative estimate of drug-likeness (QED) is 0.847. The molecule has 1 unspecified atom stereocenters. The number of hydrogen-bond donors (Lipinski definition) is 2. The van der Waals surface area contributed by atoms with Crippen LogP contribution in [0.4, 0.5) is 0 Å². The highest BCUT2D eigenvalue weighted by Crippen LogP contribution is 2.25. The molecule has 3 rings (SSSR count). The molecule has 1 saturated carbocycles. The molecule has 3 nitrogen and oxygen atoms in total. The van der Waals surface area contributed by atoms with Crippen LogP contribution in [0.3, 0.4) is 0 Å². The van der Waals surface area contributed by atoms with Crippen molar-refractivity contribution in [1.82, 2.24) is 10.6 Å². The Bertz CT molecular complexity index is 401. The molecule has 0 saturated heterocycles. The lowest BCUT2D eigenvalue weighted by Crippen LogP contribution is -2.48. The molecule has 0 amide bonds. The van der Waals surface area contributed by atoms with Gasteiger partial charge in [-0.25, -0.2) is 0 Å². The molecule has 0 spiro atoms. The van der Waals surface area contributed by atoms with Gasteiger partial charge in [-0.05, 0) is 36.9 Å². The number of fused-ring (bicyclic) bond motifs is 1. The minimum Gasteiger partial charge on any atom is -0.381 e. The zero-order valence-corrected chi connectivity index (χ0v) is 11.0. The van der Waals surface area contributed by atoms with Crippen LogP contribution in [0.25, 0.3) is 0 Å². The van der Waals surface area contributed by atoms with Crippen molar-refractivity contribution in [3.05, 3.63) is 35.4 Å². The zero-order chi connectivity index (χ0) is 12.4. The van der Waals surface area contributed by atoms with Crippen molar-refractivity contribution in [3.63, 3.8) is 0 Å². The average Bonchev–Trinajstić information content (AvgIpc) is 2.37. The van der Waals surface area contributed by atoms with Gasteiger partial charge < -0.3 is 15.4 Å². The topological polar surface area (TPSA) is 33.3 Å². The van der Waals surface area contributed by atoms with Gasteiger partial charge in [0.1, 0.15) is 0 Å². The predicted octanol–water partition coefficient (Wildman–Crippen LogP) is 1.64. The molecule has 3 heteroatoms. The highest BCUT2D eigenvalue weighted by Gasteiger charge is 2.29. The number of nitrogens with one attached hydrogen (secondary N) is 2. The summed E-state index contributed by atoms with van der Waals surface area (Å²) in [6.07, 6.45) is 3.95. The van der Waals surface area contributed by atoms with Crippen molar-refractivity contribution >= 4 is 0 Å². The maximum Gasteiger partial charge on any atom is 0.0601 e. The van der Waals surface area contributed by atoms with E-state index in [-0.39, 0.29) is 0 Å². The summed E-state index contributed by atoms with van der Waals surface area (Å²) >= 11 is 0. The molecule has 0 bridgehead atoms. The first kappa shape index (κ1) is 12.2. The molecular weight excluding hydrogens is 224 g/mol. The molecule has 1 aliphatic carbocycles. The summed E-state index contributed by atoms with van der Waals surface area (Å²) in [6.45, 7) is 2.12. The summed E-state index contributed by atoms with van der Waals surface area (Å²) in [5.41, 5.74) is 2.98. The van der Waals surface area contributed by atoms with Gasteiger partial charge >= 0.3 is 0 Å². The first-order chi connectivity index (χ1) is 8.86. The summed E-state index contributed by atoms with van der Waals surface area (Å²) in [7, 11) is 1.81. The van der Waals surface area contributed by atoms with Crippen LogP contribution in [-0.4, -0.2) is 32.3 Å². The van der Waals surface area contributed by atoms with Crippen LogP contribution < -0.4 is 10.6 Å². The Balaban J connectivity index is 1.55. The molecule has 1 heterocycles. The monoisotopic (exact) mass is 246 g/mol.